The number of aryl methyl sites for hydroxylation is 2. The number of carbonyl (C=O) groups is 3. The summed E-state index contributed by atoms with van der Waals surface area (Å²) in [4.78, 5) is 43.9. The number of rotatable bonds is 5. The molecule has 1 aliphatic heterocycles. The second-order valence-corrected chi connectivity index (χ2v) is 9.53. The maximum Gasteiger partial charge on any atom is 0.414 e. The van der Waals surface area contributed by atoms with Crippen molar-refractivity contribution < 1.29 is 19.1 Å². The summed E-state index contributed by atoms with van der Waals surface area (Å²) >= 11 is 0. The fourth-order valence-corrected chi connectivity index (χ4v) is 4.88. The van der Waals surface area contributed by atoms with Gasteiger partial charge in [-0.25, -0.2) is 4.79 Å². The van der Waals surface area contributed by atoms with Gasteiger partial charge in [0.1, 0.15) is 0 Å². The smallest absolute Gasteiger partial charge is 0.414 e. The van der Waals surface area contributed by atoms with Gasteiger partial charge in [-0.15, -0.1) is 0 Å². The summed E-state index contributed by atoms with van der Waals surface area (Å²) in [5.74, 6) is -0.586. The van der Waals surface area contributed by atoms with Gasteiger partial charge in [0.2, 0.25) is 0 Å². The summed E-state index contributed by atoms with van der Waals surface area (Å²) < 4.78 is 5.37. The number of allylic oxidation sites excluding steroid dienone is 4. The minimum atomic E-state index is -0.413. The first-order valence-corrected chi connectivity index (χ1v) is 12.6. The Balaban J connectivity index is 1.77. The van der Waals surface area contributed by atoms with Crippen LogP contribution in [0.25, 0.3) is 0 Å². The molecule has 1 heterocycles. The molecule has 0 saturated carbocycles. The van der Waals surface area contributed by atoms with Crippen LogP contribution in [0, 0.1) is 19.8 Å². The predicted molar refractivity (Wildman–Crippen MR) is 143 cm³/mol. The molecule has 2 aliphatic rings. The molecule has 0 bridgehead atoms. The van der Waals surface area contributed by atoms with E-state index in [1.54, 1.807) is 41.0 Å². The minimum Gasteiger partial charge on any atom is -0.449 e. The lowest BCUT2D eigenvalue weighted by atomic mass is 9.87. The summed E-state index contributed by atoms with van der Waals surface area (Å²) in [6.45, 7) is 10.4. The van der Waals surface area contributed by atoms with E-state index in [9.17, 15) is 14.4 Å². The van der Waals surface area contributed by atoms with Crippen LogP contribution >= 0.6 is 0 Å². The van der Waals surface area contributed by atoms with Crippen molar-refractivity contribution >= 4 is 29.2 Å². The van der Waals surface area contributed by atoms with Crippen molar-refractivity contribution in [3.63, 3.8) is 0 Å². The number of hydrogen-bond donors (Lipinski definition) is 0. The molecule has 0 spiro atoms. The van der Waals surface area contributed by atoms with Crippen molar-refractivity contribution in [1.82, 2.24) is 0 Å². The SMILES string of the molecule is CCOC(=O)N1c2cc(C)c(C)cc2N(C(=O)c2ccccc2C(=O)C2C=CC(C)=CC2)CC1CC. The lowest BCUT2D eigenvalue weighted by molar-refractivity contribution is 0.0926. The van der Waals surface area contributed by atoms with Crippen molar-refractivity contribution in [3.8, 4) is 0 Å². The minimum absolute atomic E-state index is 0.0588. The van der Waals surface area contributed by atoms with Gasteiger partial charge in [0.25, 0.3) is 5.91 Å². The van der Waals surface area contributed by atoms with E-state index < -0.39 is 6.09 Å². The number of carbonyl (C=O) groups excluding carboxylic acids is 3. The highest BCUT2D eigenvalue weighted by Crippen LogP contribution is 2.40. The molecule has 6 heteroatoms. The van der Waals surface area contributed by atoms with Crippen molar-refractivity contribution in [2.24, 2.45) is 5.92 Å². The van der Waals surface area contributed by atoms with E-state index in [4.69, 9.17) is 4.74 Å². The zero-order valence-electron chi connectivity index (χ0n) is 21.7. The average molecular weight is 487 g/mol. The highest BCUT2D eigenvalue weighted by atomic mass is 16.6. The first-order chi connectivity index (χ1) is 17.3. The molecule has 2 amide bonds. The molecule has 0 fully saturated rings. The van der Waals surface area contributed by atoms with Crippen molar-refractivity contribution in [3.05, 3.63) is 82.5 Å². The van der Waals surface area contributed by atoms with E-state index in [0.29, 0.717) is 41.9 Å². The van der Waals surface area contributed by atoms with Crippen LogP contribution in [0.1, 0.15) is 65.5 Å². The van der Waals surface area contributed by atoms with Gasteiger partial charge in [0, 0.05) is 18.0 Å². The highest BCUT2D eigenvalue weighted by molar-refractivity contribution is 6.16. The summed E-state index contributed by atoms with van der Waals surface area (Å²) in [7, 11) is 0. The Bertz CT molecular complexity index is 1260. The first kappa shape index (κ1) is 25.4. The van der Waals surface area contributed by atoms with Gasteiger partial charge >= 0.3 is 6.09 Å². The number of fused-ring (bicyclic) bond motifs is 1. The highest BCUT2D eigenvalue weighted by Gasteiger charge is 2.38. The fourth-order valence-electron chi connectivity index (χ4n) is 4.88. The van der Waals surface area contributed by atoms with Crippen molar-refractivity contribution in [2.45, 2.75) is 53.5 Å². The maximum absolute atomic E-state index is 14.1. The first-order valence-electron chi connectivity index (χ1n) is 12.6. The molecule has 1 aliphatic carbocycles. The fraction of sp³-hybridized carbons (Fsp3) is 0.367. The van der Waals surface area contributed by atoms with Crippen molar-refractivity contribution in [1.29, 1.82) is 0 Å². The van der Waals surface area contributed by atoms with Crippen LogP contribution in [0.5, 0.6) is 0 Å². The molecule has 4 rings (SSSR count). The van der Waals surface area contributed by atoms with E-state index in [1.807, 2.05) is 52.0 Å². The van der Waals surface area contributed by atoms with E-state index in [0.717, 1.165) is 16.7 Å². The quantitative estimate of drug-likeness (QED) is 0.458. The summed E-state index contributed by atoms with van der Waals surface area (Å²) in [5.41, 5.74) is 5.29. The van der Waals surface area contributed by atoms with Gasteiger partial charge in [0.15, 0.2) is 5.78 Å². The number of amides is 2. The molecule has 6 nitrogen and oxygen atoms in total. The number of benzene rings is 2. The Morgan fingerprint density at radius 1 is 0.972 bits per heavy atom. The number of nitrogens with zero attached hydrogens (tertiary/aromatic N) is 2. The second kappa shape index (κ2) is 10.5. The molecule has 0 N–H and O–H groups in total. The van der Waals surface area contributed by atoms with E-state index >= 15 is 0 Å². The summed E-state index contributed by atoms with van der Waals surface area (Å²) in [6.07, 6.45) is 6.79. The normalized spacial score (nSPS) is 19.0. The molecule has 0 aromatic heterocycles. The average Bonchev–Trinajstić information content (AvgIpc) is 2.88. The predicted octanol–water partition coefficient (Wildman–Crippen LogP) is 6.41. The third kappa shape index (κ3) is 4.72. The maximum atomic E-state index is 14.1. The molecule has 2 aromatic rings. The van der Waals surface area contributed by atoms with Crippen LogP contribution in [0.3, 0.4) is 0 Å². The summed E-state index contributed by atoms with van der Waals surface area (Å²) in [6, 6.07) is 10.7. The summed E-state index contributed by atoms with van der Waals surface area (Å²) in [5, 5.41) is 0. The van der Waals surface area contributed by atoms with Gasteiger partial charge in [-0.3, -0.25) is 14.5 Å². The lowest BCUT2D eigenvalue weighted by Gasteiger charge is -2.42. The zero-order chi connectivity index (χ0) is 26.0. The van der Waals surface area contributed by atoms with Gasteiger partial charge in [-0.2, -0.15) is 0 Å². The van der Waals surface area contributed by atoms with Gasteiger partial charge in [0.05, 0.1) is 29.6 Å². The monoisotopic (exact) mass is 486 g/mol. The molecule has 0 saturated heterocycles. The topological polar surface area (TPSA) is 66.9 Å². The molecule has 36 heavy (non-hydrogen) atoms. The van der Waals surface area contributed by atoms with Crippen LogP contribution in [-0.4, -0.2) is 37.0 Å². The van der Waals surface area contributed by atoms with Crippen LogP contribution < -0.4 is 9.80 Å². The van der Waals surface area contributed by atoms with Crippen LogP contribution in [0.2, 0.25) is 0 Å². The van der Waals surface area contributed by atoms with E-state index in [-0.39, 0.29) is 30.3 Å². The van der Waals surface area contributed by atoms with Gasteiger partial charge in [-0.1, -0.05) is 48.9 Å². The number of hydrogen-bond acceptors (Lipinski definition) is 4. The third-order valence-electron chi connectivity index (χ3n) is 7.13. The van der Waals surface area contributed by atoms with Crippen LogP contribution in [0.15, 0.2) is 60.2 Å². The second-order valence-electron chi connectivity index (χ2n) is 9.53. The van der Waals surface area contributed by atoms with Crippen LogP contribution in [-0.2, 0) is 4.74 Å². The number of ether oxygens (including phenoxy) is 1. The lowest BCUT2D eigenvalue weighted by Crippen LogP contribution is -2.53. The molecular formula is C30H34N2O4. The number of Topliss-reactive ketones (excluding diaryl/α,β-unsaturated/α-hetero) is 1. The molecule has 2 aromatic carbocycles. The molecule has 188 valence electrons. The van der Waals surface area contributed by atoms with Gasteiger partial charge in [-0.05, 0) is 69.9 Å². The van der Waals surface area contributed by atoms with Gasteiger partial charge < -0.3 is 9.64 Å². The van der Waals surface area contributed by atoms with Crippen molar-refractivity contribution in [2.75, 3.05) is 23.0 Å². The van der Waals surface area contributed by atoms with Crippen LogP contribution in [0.4, 0.5) is 16.2 Å². The Morgan fingerprint density at radius 2 is 1.64 bits per heavy atom. The third-order valence-corrected chi connectivity index (χ3v) is 7.13. The van der Waals surface area contributed by atoms with E-state index in [1.165, 1.54) is 0 Å². The Morgan fingerprint density at radius 3 is 2.25 bits per heavy atom. The molecular weight excluding hydrogens is 452 g/mol. The molecule has 2 unspecified atom stereocenters. The zero-order valence-corrected chi connectivity index (χ0v) is 21.7. The molecule has 2 atom stereocenters. The Hall–Kier alpha value is -3.67. The Labute approximate surface area is 213 Å². The van der Waals surface area contributed by atoms with E-state index in [2.05, 4.69) is 6.08 Å². The number of ketones is 1. The Kier molecular flexibility index (Phi) is 7.43. The number of anilines is 2. The standard InChI is InChI=1S/C30H34N2O4/c1-6-23-18-31(26-16-20(4)21(5)17-27(26)32(23)30(35)36-7-2)29(34)25-11-9-8-10-24(25)28(33)22-14-12-19(3)13-15-22/h8-14,16-17,22-23H,6-7,15,18H2,1-5H3. The molecule has 0 radical (unpaired) electrons. The largest absolute Gasteiger partial charge is 0.449 e.